The molecule has 1 fully saturated rings. The quantitative estimate of drug-likeness (QED) is 0.678. The van der Waals surface area contributed by atoms with Crippen molar-refractivity contribution in [2.75, 3.05) is 51.3 Å². The van der Waals surface area contributed by atoms with Crippen LogP contribution in [-0.2, 0) is 0 Å². The van der Waals surface area contributed by atoms with E-state index < -0.39 is 6.10 Å². The summed E-state index contributed by atoms with van der Waals surface area (Å²) in [6.07, 6.45) is -0.557. The lowest BCUT2D eigenvalue weighted by Crippen LogP contribution is -3.00. The minimum absolute atomic E-state index is 0. The molecule has 0 radical (unpaired) electrons. The van der Waals surface area contributed by atoms with Crippen molar-refractivity contribution in [3.8, 4) is 11.5 Å². The van der Waals surface area contributed by atoms with Crippen LogP contribution in [0.5, 0.6) is 11.5 Å². The maximum absolute atomic E-state index is 13.0. The van der Waals surface area contributed by atoms with E-state index in [1.165, 1.54) is 12.1 Å². The Morgan fingerprint density at radius 3 is 2.37 bits per heavy atom. The average Bonchev–Trinajstić information content (AvgIpc) is 2.68. The maximum atomic E-state index is 13.0. The van der Waals surface area contributed by atoms with E-state index in [2.05, 4.69) is 9.80 Å². The maximum Gasteiger partial charge on any atom is 0.123 e. The van der Waals surface area contributed by atoms with Gasteiger partial charge in [-0.15, -0.1) is 0 Å². The molecular weight excluding hydrogens is 371 g/mol. The zero-order valence-corrected chi connectivity index (χ0v) is 16.1. The number of piperazine rings is 1. The van der Waals surface area contributed by atoms with Gasteiger partial charge in [0.1, 0.15) is 30.0 Å². The first-order valence-electron chi connectivity index (χ1n) is 8.82. The molecule has 1 N–H and O–H groups in total. The van der Waals surface area contributed by atoms with Gasteiger partial charge >= 0.3 is 0 Å². The summed E-state index contributed by atoms with van der Waals surface area (Å²) < 4.78 is 23.8. The van der Waals surface area contributed by atoms with Gasteiger partial charge in [0.2, 0.25) is 0 Å². The summed E-state index contributed by atoms with van der Waals surface area (Å²) >= 11 is 0. The number of hydrogen-bond donors (Lipinski definition) is 1. The van der Waals surface area contributed by atoms with Gasteiger partial charge in [-0.2, -0.15) is 0 Å². The van der Waals surface area contributed by atoms with Gasteiger partial charge < -0.3 is 31.9 Å². The molecule has 0 aliphatic carbocycles. The molecule has 5 nitrogen and oxygen atoms in total. The van der Waals surface area contributed by atoms with Gasteiger partial charge in [-0.05, 0) is 36.4 Å². The van der Waals surface area contributed by atoms with E-state index in [0.717, 1.165) is 37.6 Å². The molecule has 2 aromatic rings. The van der Waals surface area contributed by atoms with Crippen molar-refractivity contribution in [3.05, 3.63) is 54.3 Å². The summed E-state index contributed by atoms with van der Waals surface area (Å²) in [6, 6.07) is 13.9. The Hall–Kier alpha value is -2.02. The summed E-state index contributed by atoms with van der Waals surface area (Å²) in [5.74, 6) is 1.20. The van der Waals surface area contributed by atoms with Crippen LogP contribution in [0, 0.1) is 5.82 Å². The number of halogens is 2. The second-order valence-electron chi connectivity index (χ2n) is 6.41. The SMILES string of the molecule is COc1cccc(OCC(O)CN2CCN(c3ccc(F)cc3)CC2)c1.[Cl-]. The molecule has 27 heavy (non-hydrogen) atoms. The molecule has 0 spiro atoms. The fourth-order valence-electron chi connectivity index (χ4n) is 3.07. The number of ether oxygens (including phenoxy) is 2. The highest BCUT2D eigenvalue weighted by atomic mass is 35.5. The number of nitrogens with zero attached hydrogens (tertiary/aromatic N) is 2. The topological polar surface area (TPSA) is 45.2 Å². The van der Waals surface area contributed by atoms with E-state index in [1.807, 2.05) is 30.3 Å². The standard InChI is InChI=1S/C20H25FN2O3.ClH/c1-25-19-3-2-4-20(13-19)26-15-18(24)14-22-9-11-23(12-10-22)17-7-5-16(21)6-8-17;/h2-8,13,18,24H,9-12,14-15H2,1H3;1H/p-1. The molecule has 1 atom stereocenters. The highest BCUT2D eigenvalue weighted by Gasteiger charge is 2.19. The lowest BCUT2D eigenvalue weighted by Gasteiger charge is -2.36. The van der Waals surface area contributed by atoms with E-state index in [9.17, 15) is 9.50 Å². The predicted octanol–water partition coefficient (Wildman–Crippen LogP) is -0.600. The van der Waals surface area contributed by atoms with E-state index in [1.54, 1.807) is 13.2 Å². The van der Waals surface area contributed by atoms with E-state index in [-0.39, 0.29) is 24.8 Å². The fourth-order valence-corrected chi connectivity index (χ4v) is 3.07. The largest absolute Gasteiger partial charge is 1.00 e. The van der Waals surface area contributed by atoms with Crippen LogP contribution in [0.15, 0.2) is 48.5 Å². The number of benzene rings is 2. The van der Waals surface area contributed by atoms with Crippen LogP contribution in [0.3, 0.4) is 0 Å². The molecule has 1 heterocycles. The number of hydrogen-bond acceptors (Lipinski definition) is 5. The number of rotatable bonds is 7. The molecule has 1 saturated heterocycles. The lowest BCUT2D eigenvalue weighted by atomic mass is 10.2. The zero-order valence-electron chi connectivity index (χ0n) is 15.4. The molecule has 0 aromatic heterocycles. The molecule has 1 unspecified atom stereocenters. The van der Waals surface area contributed by atoms with Crippen molar-refractivity contribution < 1.29 is 31.4 Å². The first kappa shape index (κ1) is 21.3. The second-order valence-corrected chi connectivity index (χ2v) is 6.41. The molecule has 0 bridgehead atoms. The Bertz CT molecular complexity index is 694. The van der Waals surface area contributed by atoms with E-state index in [0.29, 0.717) is 12.3 Å². The molecule has 3 rings (SSSR count). The highest BCUT2D eigenvalue weighted by Crippen LogP contribution is 2.19. The first-order chi connectivity index (χ1) is 12.6. The fraction of sp³-hybridized carbons (Fsp3) is 0.400. The van der Waals surface area contributed by atoms with Crippen LogP contribution in [-0.4, -0.2) is 62.6 Å². The van der Waals surface area contributed by atoms with Crippen molar-refractivity contribution in [1.82, 2.24) is 4.90 Å². The Morgan fingerprint density at radius 2 is 1.70 bits per heavy atom. The second kappa shape index (κ2) is 10.3. The molecule has 7 heteroatoms. The smallest absolute Gasteiger partial charge is 0.123 e. The third-order valence-corrected chi connectivity index (χ3v) is 4.52. The predicted molar refractivity (Wildman–Crippen MR) is 99.5 cm³/mol. The number of β-amino-alcohol motifs (C(OH)–C–C–N with tert-alkyl or cyclic N) is 1. The van der Waals surface area contributed by atoms with Gasteiger partial charge in [-0.1, -0.05) is 6.07 Å². The van der Waals surface area contributed by atoms with Crippen LogP contribution in [0.25, 0.3) is 0 Å². The Morgan fingerprint density at radius 1 is 1.04 bits per heavy atom. The first-order valence-corrected chi connectivity index (χ1v) is 8.82. The molecule has 148 valence electrons. The van der Waals surface area contributed by atoms with E-state index >= 15 is 0 Å². The van der Waals surface area contributed by atoms with Crippen molar-refractivity contribution in [1.29, 1.82) is 0 Å². The summed E-state index contributed by atoms with van der Waals surface area (Å²) in [4.78, 5) is 4.45. The third kappa shape index (κ3) is 6.27. The van der Waals surface area contributed by atoms with Gasteiger partial charge in [0.25, 0.3) is 0 Å². The summed E-state index contributed by atoms with van der Waals surface area (Å²) in [5, 5.41) is 10.2. The monoisotopic (exact) mass is 395 g/mol. The molecule has 2 aromatic carbocycles. The summed E-state index contributed by atoms with van der Waals surface area (Å²) in [6.45, 7) is 4.23. The van der Waals surface area contributed by atoms with Crippen LogP contribution < -0.4 is 26.8 Å². The van der Waals surface area contributed by atoms with Crippen LogP contribution >= 0.6 is 0 Å². The number of anilines is 1. The number of aliphatic hydroxyl groups is 1. The third-order valence-electron chi connectivity index (χ3n) is 4.52. The minimum atomic E-state index is -0.557. The van der Waals surface area contributed by atoms with Crippen LogP contribution in [0.4, 0.5) is 10.1 Å². The van der Waals surface area contributed by atoms with Gasteiger partial charge in [0.05, 0.1) is 7.11 Å². The highest BCUT2D eigenvalue weighted by molar-refractivity contribution is 5.46. The van der Waals surface area contributed by atoms with E-state index in [4.69, 9.17) is 9.47 Å². The minimum Gasteiger partial charge on any atom is -1.00 e. The van der Waals surface area contributed by atoms with Gasteiger partial charge in [-0.25, -0.2) is 4.39 Å². The number of aliphatic hydroxyl groups excluding tert-OH is 1. The Balaban J connectivity index is 0.00000261. The van der Waals surface area contributed by atoms with Crippen LogP contribution in [0.2, 0.25) is 0 Å². The Labute approximate surface area is 165 Å². The average molecular weight is 396 g/mol. The molecule has 0 amide bonds. The zero-order chi connectivity index (χ0) is 18.4. The van der Waals surface area contributed by atoms with Crippen molar-refractivity contribution in [2.45, 2.75) is 6.10 Å². The molecule has 1 aliphatic heterocycles. The molecule has 0 saturated carbocycles. The van der Waals surface area contributed by atoms with Gasteiger partial charge in [-0.3, -0.25) is 4.90 Å². The lowest BCUT2D eigenvalue weighted by molar-refractivity contribution is -0.00000844. The van der Waals surface area contributed by atoms with Crippen LogP contribution in [0.1, 0.15) is 0 Å². The molecule has 1 aliphatic rings. The summed E-state index contributed by atoms with van der Waals surface area (Å²) in [7, 11) is 1.61. The number of methoxy groups -OCH3 is 1. The van der Waals surface area contributed by atoms with Crippen molar-refractivity contribution in [2.24, 2.45) is 0 Å². The van der Waals surface area contributed by atoms with Crippen molar-refractivity contribution >= 4 is 5.69 Å². The van der Waals surface area contributed by atoms with Crippen molar-refractivity contribution in [3.63, 3.8) is 0 Å². The normalized spacial score (nSPS) is 15.7. The summed E-state index contributed by atoms with van der Waals surface area (Å²) in [5.41, 5.74) is 1.04. The van der Waals surface area contributed by atoms with Gasteiger partial charge in [0.15, 0.2) is 0 Å². The Kier molecular flexibility index (Phi) is 8.16. The molecular formula is C20H25ClFN2O3-. The van der Waals surface area contributed by atoms with Gasteiger partial charge in [0, 0.05) is 44.5 Å².